The molecule has 0 spiro atoms. The number of hydrogen-bond donors (Lipinski definition) is 2. The van der Waals surface area contributed by atoms with Gasteiger partial charge in [0.25, 0.3) is 0 Å². The van der Waals surface area contributed by atoms with Crippen molar-refractivity contribution in [2.75, 3.05) is 5.32 Å². The van der Waals surface area contributed by atoms with Crippen molar-refractivity contribution in [1.82, 2.24) is 20.6 Å². The Balaban J connectivity index is 1.72. The van der Waals surface area contributed by atoms with Crippen LogP contribution in [0.3, 0.4) is 0 Å². The zero-order valence-electron chi connectivity index (χ0n) is 11.1. The van der Waals surface area contributed by atoms with Crippen molar-refractivity contribution in [3.63, 3.8) is 0 Å². The minimum atomic E-state index is 0.517. The molecule has 1 aromatic carbocycles. The number of aromatic amines is 1. The normalized spacial score (nSPS) is 17.5. The number of hydrogen-bond acceptors (Lipinski definition) is 4. The average molecular weight is 257 g/mol. The van der Waals surface area contributed by atoms with Gasteiger partial charge in [0, 0.05) is 17.3 Å². The summed E-state index contributed by atoms with van der Waals surface area (Å²) in [6.45, 7) is 2.27. The lowest BCUT2D eigenvalue weighted by molar-refractivity contribution is 0.482. The summed E-state index contributed by atoms with van der Waals surface area (Å²) in [7, 11) is 0. The molecule has 19 heavy (non-hydrogen) atoms. The fraction of sp³-hybridized carbons (Fsp3) is 0.500. The van der Waals surface area contributed by atoms with E-state index in [1.165, 1.54) is 25.7 Å². The van der Waals surface area contributed by atoms with E-state index in [1.807, 2.05) is 12.1 Å². The van der Waals surface area contributed by atoms with E-state index in [9.17, 15) is 0 Å². The van der Waals surface area contributed by atoms with Crippen LogP contribution in [0, 0.1) is 5.92 Å². The second-order valence-corrected chi connectivity index (χ2v) is 5.29. The van der Waals surface area contributed by atoms with E-state index in [-0.39, 0.29) is 0 Å². The maximum absolute atomic E-state index is 4.01. The van der Waals surface area contributed by atoms with Gasteiger partial charge in [0.1, 0.15) is 0 Å². The standard InChI is InChI=1S/C14H19N5/c1-10(11-5-2-3-6-11)15-13-8-4-7-12(9-13)14-16-18-19-17-14/h4,7-11,15H,2-3,5-6H2,1H3,(H,16,17,18,19). The van der Waals surface area contributed by atoms with Crippen LogP contribution in [0.5, 0.6) is 0 Å². The average Bonchev–Trinajstić information content (AvgIpc) is 3.13. The molecule has 0 radical (unpaired) electrons. The quantitative estimate of drug-likeness (QED) is 0.883. The molecule has 0 amide bonds. The first-order valence-corrected chi connectivity index (χ1v) is 6.93. The molecule has 5 nitrogen and oxygen atoms in total. The Hall–Kier alpha value is -1.91. The van der Waals surface area contributed by atoms with Crippen molar-refractivity contribution < 1.29 is 0 Å². The van der Waals surface area contributed by atoms with Crippen LogP contribution in [-0.2, 0) is 0 Å². The van der Waals surface area contributed by atoms with Gasteiger partial charge in [0.15, 0.2) is 0 Å². The molecule has 3 rings (SSSR count). The Labute approximate surface area is 112 Å². The zero-order chi connectivity index (χ0) is 13.1. The number of nitrogens with zero attached hydrogens (tertiary/aromatic N) is 3. The van der Waals surface area contributed by atoms with Crippen molar-refractivity contribution in [1.29, 1.82) is 0 Å². The molecule has 1 unspecified atom stereocenters. The van der Waals surface area contributed by atoms with E-state index in [0.29, 0.717) is 11.9 Å². The largest absolute Gasteiger partial charge is 0.382 e. The van der Waals surface area contributed by atoms with Gasteiger partial charge in [0.2, 0.25) is 5.82 Å². The zero-order valence-corrected chi connectivity index (χ0v) is 11.1. The summed E-state index contributed by atoms with van der Waals surface area (Å²) in [5.74, 6) is 1.44. The summed E-state index contributed by atoms with van der Waals surface area (Å²) < 4.78 is 0. The molecule has 0 bridgehead atoms. The first-order chi connectivity index (χ1) is 9.33. The van der Waals surface area contributed by atoms with Gasteiger partial charge >= 0.3 is 0 Å². The molecule has 1 atom stereocenters. The number of tetrazole rings is 1. The van der Waals surface area contributed by atoms with Gasteiger partial charge in [-0.25, -0.2) is 0 Å². The molecule has 1 aromatic heterocycles. The predicted octanol–water partition coefficient (Wildman–Crippen LogP) is 2.86. The summed E-state index contributed by atoms with van der Waals surface area (Å²) in [6, 6.07) is 8.71. The van der Waals surface area contributed by atoms with Gasteiger partial charge in [-0.2, -0.15) is 5.21 Å². The Bertz CT molecular complexity index is 516. The van der Waals surface area contributed by atoms with E-state index in [0.717, 1.165) is 17.2 Å². The fourth-order valence-corrected chi connectivity index (χ4v) is 2.87. The number of anilines is 1. The van der Waals surface area contributed by atoms with Crippen molar-refractivity contribution >= 4 is 5.69 Å². The number of aromatic nitrogens is 4. The van der Waals surface area contributed by atoms with E-state index >= 15 is 0 Å². The molecule has 1 aliphatic carbocycles. The number of benzene rings is 1. The SMILES string of the molecule is CC(Nc1cccc(-c2nn[nH]n2)c1)C1CCCC1. The number of nitrogens with one attached hydrogen (secondary N) is 2. The summed E-state index contributed by atoms with van der Waals surface area (Å²) in [6.07, 6.45) is 5.44. The van der Waals surface area contributed by atoms with Crippen molar-refractivity contribution in [2.24, 2.45) is 5.92 Å². The summed E-state index contributed by atoms with van der Waals surface area (Å²) in [5.41, 5.74) is 2.11. The molecule has 0 saturated heterocycles. The highest BCUT2D eigenvalue weighted by molar-refractivity contribution is 5.61. The van der Waals surface area contributed by atoms with Crippen LogP contribution >= 0.6 is 0 Å². The lowest BCUT2D eigenvalue weighted by atomic mass is 9.99. The molecule has 5 heteroatoms. The molecule has 1 heterocycles. The highest BCUT2D eigenvalue weighted by atomic mass is 15.5. The van der Waals surface area contributed by atoms with Crippen LogP contribution in [0.25, 0.3) is 11.4 Å². The molecule has 2 aromatic rings. The molecule has 1 aliphatic rings. The number of H-pyrrole nitrogens is 1. The fourth-order valence-electron chi connectivity index (χ4n) is 2.87. The van der Waals surface area contributed by atoms with Crippen LogP contribution in [-0.4, -0.2) is 26.7 Å². The van der Waals surface area contributed by atoms with Gasteiger partial charge in [-0.3, -0.25) is 0 Å². The monoisotopic (exact) mass is 257 g/mol. The third kappa shape index (κ3) is 2.75. The van der Waals surface area contributed by atoms with E-state index in [4.69, 9.17) is 0 Å². The summed E-state index contributed by atoms with van der Waals surface area (Å²) in [5, 5.41) is 17.7. The molecule has 2 N–H and O–H groups in total. The van der Waals surface area contributed by atoms with Gasteiger partial charge in [-0.1, -0.05) is 25.0 Å². The highest BCUT2D eigenvalue weighted by Gasteiger charge is 2.21. The molecule has 1 saturated carbocycles. The highest BCUT2D eigenvalue weighted by Crippen LogP contribution is 2.29. The van der Waals surface area contributed by atoms with Crippen LogP contribution in [0.1, 0.15) is 32.6 Å². The third-order valence-corrected chi connectivity index (χ3v) is 3.97. The summed E-state index contributed by atoms with van der Waals surface area (Å²) >= 11 is 0. The van der Waals surface area contributed by atoms with E-state index in [1.54, 1.807) is 0 Å². The van der Waals surface area contributed by atoms with Gasteiger partial charge in [-0.05, 0) is 43.0 Å². The van der Waals surface area contributed by atoms with E-state index in [2.05, 4.69) is 45.0 Å². The molecular weight excluding hydrogens is 238 g/mol. The second-order valence-electron chi connectivity index (χ2n) is 5.29. The first kappa shape index (κ1) is 12.1. The Morgan fingerprint density at radius 1 is 1.32 bits per heavy atom. The smallest absolute Gasteiger partial charge is 0.204 e. The maximum Gasteiger partial charge on any atom is 0.204 e. The minimum Gasteiger partial charge on any atom is -0.382 e. The van der Waals surface area contributed by atoms with Crippen LogP contribution < -0.4 is 5.32 Å². The van der Waals surface area contributed by atoms with Crippen molar-refractivity contribution in [3.05, 3.63) is 24.3 Å². The summed E-state index contributed by atoms with van der Waals surface area (Å²) in [4.78, 5) is 0. The second kappa shape index (κ2) is 5.38. The van der Waals surface area contributed by atoms with Crippen LogP contribution in [0.15, 0.2) is 24.3 Å². The van der Waals surface area contributed by atoms with Gasteiger partial charge < -0.3 is 5.32 Å². The maximum atomic E-state index is 4.01. The molecule has 100 valence electrons. The van der Waals surface area contributed by atoms with Crippen LogP contribution in [0.4, 0.5) is 5.69 Å². The Kier molecular flexibility index (Phi) is 3.44. The lowest BCUT2D eigenvalue weighted by Crippen LogP contribution is -2.23. The molecular formula is C14H19N5. The van der Waals surface area contributed by atoms with Crippen molar-refractivity contribution in [2.45, 2.75) is 38.6 Å². The Morgan fingerprint density at radius 2 is 2.16 bits per heavy atom. The van der Waals surface area contributed by atoms with E-state index < -0.39 is 0 Å². The first-order valence-electron chi connectivity index (χ1n) is 6.93. The third-order valence-electron chi connectivity index (χ3n) is 3.97. The molecule has 1 fully saturated rings. The number of rotatable bonds is 4. The minimum absolute atomic E-state index is 0.517. The van der Waals surface area contributed by atoms with Gasteiger partial charge in [0.05, 0.1) is 0 Å². The topological polar surface area (TPSA) is 66.5 Å². The molecule has 0 aliphatic heterocycles. The van der Waals surface area contributed by atoms with Crippen LogP contribution in [0.2, 0.25) is 0 Å². The lowest BCUT2D eigenvalue weighted by Gasteiger charge is -2.21. The van der Waals surface area contributed by atoms with Gasteiger partial charge in [-0.15, -0.1) is 10.2 Å². The predicted molar refractivity (Wildman–Crippen MR) is 74.7 cm³/mol. The Morgan fingerprint density at radius 3 is 2.89 bits per heavy atom. The van der Waals surface area contributed by atoms with Crippen molar-refractivity contribution in [3.8, 4) is 11.4 Å².